The van der Waals surface area contributed by atoms with Gasteiger partial charge in [0.15, 0.2) is 0 Å². The van der Waals surface area contributed by atoms with Crippen molar-refractivity contribution >= 4 is 5.97 Å². The van der Waals surface area contributed by atoms with E-state index in [4.69, 9.17) is 9.84 Å². The quantitative estimate of drug-likeness (QED) is 0.822. The van der Waals surface area contributed by atoms with Crippen molar-refractivity contribution in [3.05, 3.63) is 64.7 Å². The molecule has 0 radical (unpaired) electrons. The number of aliphatic hydroxyl groups excluding tert-OH is 1. The molecule has 0 fully saturated rings. The van der Waals surface area contributed by atoms with Crippen LogP contribution in [0.25, 0.3) is 0 Å². The lowest BCUT2D eigenvalue weighted by Gasteiger charge is -2.12. The number of aliphatic hydroxyl groups is 1. The lowest BCUT2D eigenvalue weighted by Crippen LogP contribution is -2.02. The van der Waals surface area contributed by atoms with Gasteiger partial charge >= 0.3 is 5.97 Å². The van der Waals surface area contributed by atoms with E-state index in [2.05, 4.69) is 0 Å². The second-order valence-corrected chi connectivity index (χ2v) is 4.45. The smallest absolute Gasteiger partial charge is 0.335 e. The zero-order valence-corrected chi connectivity index (χ0v) is 10.0. The first-order chi connectivity index (χ1) is 9.16. The lowest BCUT2D eigenvalue weighted by molar-refractivity contribution is 0.0696. The van der Waals surface area contributed by atoms with E-state index in [1.165, 1.54) is 12.1 Å². The summed E-state index contributed by atoms with van der Waals surface area (Å²) in [7, 11) is 0. The predicted octanol–water partition coefficient (Wildman–Crippen LogP) is 2.36. The van der Waals surface area contributed by atoms with Crippen LogP contribution in [0.5, 0.6) is 5.75 Å². The number of ether oxygens (including phenoxy) is 1. The number of hydrogen-bond donors (Lipinski definition) is 2. The Bertz CT molecular complexity index is 648. The molecule has 0 aliphatic carbocycles. The molecule has 1 atom stereocenters. The second kappa shape index (κ2) is 4.40. The number of rotatable bonds is 1. The minimum absolute atomic E-state index is 0.150. The van der Waals surface area contributed by atoms with Crippen molar-refractivity contribution in [2.75, 3.05) is 0 Å². The van der Waals surface area contributed by atoms with E-state index in [-0.39, 0.29) is 5.56 Å². The van der Waals surface area contributed by atoms with Crippen LogP contribution < -0.4 is 4.74 Å². The highest BCUT2D eigenvalue weighted by Gasteiger charge is 2.23. The molecule has 0 saturated carbocycles. The van der Waals surface area contributed by atoms with Gasteiger partial charge in [-0.2, -0.15) is 0 Å². The molecule has 0 saturated heterocycles. The summed E-state index contributed by atoms with van der Waals surface area (Å²) in [6.45, 7) is 0.323. The first-order valence-electron chi connectivity index (χ1n) is 5.93. The highest BCUT2D eigenvalue weighted by atomic mass is 16.5. The van der Waals surface area contributed by atoms with Crippen LogP contribution in [0.15, 0.2) is 42.5 Å². The molecule has 0 bridgehead atoms. The van der Waals surface area contributed by atoms with Gasteiger partial charge in [0.1, 0.15) is 18.5 Å². The monoisotopic (exact) mass is 256 g/mol. The first kappa shape index (κ1) is 11.7. The number of carbonyl (C=O) groups is 1. The van der Waals surface area contributed by atoms with Crippen LogP contribution in [0.4, 0.5) is 0 Å². The van der Waals surface area contributed by atoms with Crippen molar-refractivity contribution in [3.8, 4) is 5.75 Å². The van der Waals surface area contributed by atoms with Gasteiger partial charge in [-0.25, -0.2) is 4.79 Å². The predicted molar refractivity (Wildman–Crippen MR) is 68.2 cm³/mol. The molecular formula is C15H12O4. The summed E-state index contributed by atoms with van der Waals surface area (Å²) in [4.78, 5) is 11.0. The van der Waals surface area contributed by atoms with Crippen molar-refractivity contribution in [1.82, 2.24) is 0 Å². The minimum Gasteiger partial charge on any atom is -0.488 e. The molecule has 4 nitrogen and oxygen atoms in total. The Morgan fingerprint density at radius 1 is 1.16 bits per heavy atom. The van der Waals surface area contributed by atoms with E-state index >= 15 is 0 Å². The molecule has 2 aromatic carbocycles. The van der Waals surface area contributed by atoms with Gasteiger partial charge in [-0.3, -0.25) is 0 Å². The van der Waals surface area contributed by atoms with Gasteiger partial charge in [-0.1, -0.05) is 30.3 Å². The molecule has 0 amide bonds. The SMILES string of the molecule is O=C(O)c1ccc2c(c1)OCc1ccccc1C2O. The maximum absolute atomic E-state index is 11.0. The summed E-state index contributed by atoms with van der Waals surface area (Å²) < 4.78 is 5.61. The number of fused-ring (bicyclic) bond motifs is 2. The van der Waals surface area contributed by atoms with E-state index in [1.54, 1.807) is 6.07 Å². The van der Waals surface area contributed by atoms with Gasteiger partial charge in [0, 0.05) is 5.56 Å². The van der Waals surface area contributed by atoms with E-state index in [1.807, 2.05) is 24.3 Å². The van der Waals surface area contributed by atoms with Crippen molar-refractivity contribution < 1.29 is 19.7 Å². The average molecular weight is 256 g/mol. The second-order valence-electron chi connectivity index (χ2n) is 4.45. The molecule has 1 unspecified atom stereocenters. The molecule has 1 aliphatic rings. The zero-order valence-electron chi connectivity index (χ0n) is 10.0. The van der Waals surface area contributed by atoms with E-state index < -0.39 is 12.1 Å². The fraction of sp³-hybridized carbons (Fsp3) is 0.133. The number of hydrogen-bond acceptors (Lipinski definition) is 3. The Labute approximate surface area is 109 Å². The van der Waals surface area contributed by atoms with Crippen LogP contribution in [-0.4, -0.2) is 16.2 Å². The summed E-state index contributed by atoms with van der Waals surface area (Å²) in [5.41, 5.74) is 2.44. The summed E-state index contributed by atoms with van der Waals surface area (Å²) in [5.74, 6) is -0.591. The highest BCUT2D eigenvalue weighted by molar-refractivity contribution is 5.88. The lowest BCUT2D eigenvalue weighted by atomic mass is 9.97. The molecule has 3 rings (SSSR count). The standard InChI is InChI=1S/C15H12O4/c16-14-11-4-2-1-3-10(11)8-19-13-7-9(15(17)18)5-6-12(13)14/h1-7,14,16H,8H2,(H,17,18). The van der Waals surface area contributed by atoms with Crippen LogP contribution in [0, 0.1) is 0 Å². The molecule has 0 aromatic heterocycles. The zero-order chi connectivity index (χ0) is 13.4. The summed E-state index contributed by atoms with van der Waals surface area (Å²) in [5, 5.41) is 19.4. The molecule has 2 aromatic rings. The first-order valence-corrected chi connectivity index (χ1v) is 5.93. The van der Waals surface area contributed by atoms with Crippen LogP contribution in [0.2, 0.25) is 0 Å². The Hall–Kier alpha value is -2.33. The van der Waals surface area contributed by atoms with Crippen molar-refractivity contribution in [2.24, 2.45) is 0 Å². The van der Waals surface area contributed by atoms with Gasteiger partial charge < -0.3 is 14.9 Å². The van der Waals surface area contributed by atoms with Crippen molar-refractivity contribution in [2.45, 2.75) is 12.7 Å². The molecular weight excluding hydrogens is 244 g/mol. The molecule has 4 heteroatoms. The largest absolute Gasteiger partial charge is 0.488 e. The average Bonchev–Trinajstić information content (AvgIpc) is 2.57. The molecule has 96 valence electrons. The van der Waals surface area contributed by atoms with Crippen LogP contribution in [0.3, 0.4) is 0 Å². The molecule has 0 spiro atoms. The van der Waals surface area contributed by atoms with Gasteiger partial charge in [-0.05, 0) is 23.3 Å². The highest BCUT2D eigenvalue weighted by Crippen LogP contribution is 2.36. The maximum atomic E-state index is 11.0. The number of aromatic carboxylic acids is 1. The molecule has 2 N–H and O–H groups in total. The number of carboxylic acid groups (broad SMARTS) is 1. The number of benzene rings is 2. The van der Waals surface area contributed by atoms with Gasteiger partial charge in [0.25, 0.3) is 0 Å². The van der Waals surface area contributed by atoms with Crippen molar-refractivity contribution in [1.29, 1.82) is 0 Å². The fourth-order valence-electron chi connectivity index (χ4n) is 2.27. The Morgan fingerprint density at radius 2 is 1.95 bits per heavy atom. The van der Waals surface area contributed by atoms with Gasteiger partial charge in [0.05, 0.1) is 5.56 Å². The Morgan fingerprint density at radius 3 is 2.74 bits per heavy atom. The summed E-state index contributed by atoms with van der Waals surface area (Å²) >= 11 is 0. The fourth-order valence-corrected chi connectivity index (χ4v) is 2.27. The molecule has 1 aliphatic heterocycles. The third kappa shape index (κ3) is 1.96. The topological polar surface area (TPSA) is 66.8 Å². The van der Waals surface area contributed by atoms with E-state index in [0.29, 0.717) is 17.9 Å². The molecule has 19 heavy (non-hydrogen) atoms. The van der Waals surface area contributed by atoms with Crippen LogP contribution in [-0.2, 0) is 6.61 Å². The Kier molecular flexibility index (Phi) is 2.72. The summed E-state index contributed by atoms with van der Waals surface area (Å²) in [6.07, 6.45) is -0.795. The molecule has 1 heterocycles. The van der Waals surface area contributed by atoms with Gasteiger partial charge in [-0.15, -0.1) is 0 Å². The van der Waals surface area contributed by atoms with Crippen LogP contribution in [0.1, 0.15) is 33.2 Å². The van der Waals surface area contributed by atoms with Crippen LogP contribution >= 0.6 is 0 Å². The Balaban J connectivity index is 2.12. The summed E-state index contributed by atoms with van der Waals surface area (Å²) in [6, 6.07) is 12.0. The van der Waals surface area contributed by atoms with Crippen molar-refractivity contribution in [3.63, 3.8) is 0 Å². The maximum Gasteiger partial charge on any atom is 0.335 e. The minimum atomic E-state index is -1.01. The number of carboxylic acids is 1. The normalized spacial score (nSPS) is 16.8. The van der Waals surface area contributed by atoms with E-state index in [9.17, 15) is 9.90 Å². The van der Waals surface area contributed by atoms with E-state index in [0.717, 1.165) is 11.1 Å². The van der Waals surface area contributed by atoms with Gasteiger partial charge in [0.2, 0.25) is 0 Å². The third-order valence-corrected chi connectivity index (χ3v) is 3.29. The third-order valence-electron chi connectivity index (χ3n) is 3.29.